The highest BCUT2D eigenvalue weighted by Crippen LogP contribution is 2.17. The van der Waals surface area contributed by atoms with E-state index in [9.17, 15) is 0 Å². The van der Waals surface area contributed by atoms with E-state index in [1.165, 1.54) is 22.3 Å². The average molecular weight is 316 g/mol. The van der Waals surface area contributed by atoms with Crippen molar-refractivity contribution in [2.24, 2.45) is 11.5 Å². The van der Waals surface area contributed by atoms with Crippen LogP contribution in [0.4, 0.5) is 9.59 Å². The molecular weight excluding hydrogens is 292 g/mol. The monoisotopic (exact) mass is 316 g/mol. The van der Waals surface area contributed by atoms with Crippen molar-refractivity contribution in [3.05, 3.63) is 34.4 Å². The van der Waals surface area contributed by atoms with E-state index in [4.69, 9.17) is 30.0 Å². The van der Waals surface area contributed by atoms with Crippen LogP contribution in [0.1, 0.15) is 22.3 Å². The summed E-state index contributed by atoms with van der Waals surface area (Å²) in [5.41, 5.74) is 12.9. The molecule has 0 atom stereocenters. The number of aliphatic hydroxyl groups is 2. The lowest BCUT2D eigenvalue weighted by atomic mass is 9.97. The minimum absolute atomic E-state index is 0.183. The van der Waals surface area contributed by atoms with Crippen molar-refractivity contribution in [3.8, 4) is 0 Å². The predicted octanol–water partition coefficient (Wildman–Crippen LogP) is 0.619. The number of amides is 2. The molecule has 0 radical (unpaired) electrons. The fraction of sp³-hybridized carbons (Fsp3) is 0.429. The normalized spacial score (nSPS) is 8.91. The number of nitrogens with two attached hydrogens (primary N) is 2. The molecular formula is C14H24N2O6. The Bertz CT molecular complexity index is 429. The maximum atomic E-state index is 8.88. The average Bonchev–Trinajstić information content (AvgIpc) is 2.34. The van der Waals surface area contributed by atoms with Gasteiger partial charge in [0.1, 0.15) is 0 Å². The Labute approximate surface area is 129 Å². The van der Waals surface area contributed by atoms with E-state index < -0.39 is 12.2 Å². The third kappa shape index (κ3) is 12.7. The number of carboxylic acid groups (broad SMARTS) is 2. The number of aryl methyl sites for hydroxylation is 2. The molecule has 0 saturated carbocycles. The number of carbonyl (C=O) groups is 2. The fourth-order valence-corrected chi connectivity index (χ4v) is 1.73. The quantitative estimate of drug-likeness (QED) is 0.476. The molecule has 8 N–H and O–H groups in total. The number of hydrogen-bond acceptors (Lipinski definition) is 4. The molecule has 126 valence electrons. The summed E-state index contributed by atoms with van der Waals surface area (Å²) >= 11 is 0. The Morgan fingerprint density at radius 3 is 1.36 bits per heavy atom. The van der Waals surface area contributed by atoms with Crippen molar-refractivity contribution in [1.29, 1.82) is 0 Å². The second kappa shape index (κ2) is 12.4. The molecule has 0 saturated heterocycles. The largest absolute Gasteiger partial charge is 0.465 e. The van der Waals surface area contributed by atoms with Crippen molar-refractivity contribution in [2.45, 2.75) is 26.7 Å². The van der Waals surface area contributed by atoms with Gasteiger partial charge in [-0.2, -0.15) is 0 Å². The molecule has 0 aliphatic carbocycles. The van der Waals surface area contributed by atoms with E-state index in [0.717, 1.165) is 0 Å². The van der Waals surface area contributed by atoms with Crippen LogP contribution in [0.15, 0.2) is 12.1 Å². The lowest BCUT2D eigenvalue weighted by Gasteiger charge is -2.10. The Balaban J connectivity index is 0. The topological polar surface area (TPSA) is 167 Å². The molecule has 1 aromatic carbocycles. The molecule has 0 heterocycles. The summed E-state index contributed by atoms with van der Waals surface area (Å²) in [7, 11) is 0. The molecule has 1 aromatic rings. The number of primary amides is 2. The number of hydrogen-bond donors (Lipinski definition) is 6. The summed E-state index contributed by atoms with van der Waals surface area (Å²) in [5, 5.41) is 32.2. The van der Waals surface area contributed by atoms with Crippen molar-refractivity contribution < 1.29 is 30.0 Å². The molecule has 2 amide bonds. The molecule has 0 spiro atoms. The van der Waals surface area contributed by atoms with Gasteiger partial charge in [-0.05, 0) is 48.9 Å². The zero-order chi connectivity index (χ0) is 17.7. The molecule has 0 fully saturated rings. The minimum Gasteiger partial charge on any atom is -0.465 e. The minimum atomic E-state index is -1.33. The molecule has 0 aliphatic rings. The van der Waals surface area contributed by atoms with Gasteiger partial charge in [0, 0.05) is 13.2 Å². The van der Waals surface area contributed by atoms with Crippen LogP contribution in [-0.4, -0.2) is 45.8 Å². The smallest absolute Gasteiger partial charge is 0.402 e. The first-order valence-corrected chi connectivity index (χ1v) is 6.43. The zero-order valence-corrected chi connectivity index (χ0v) is 12.7. The van der Waals surface area contributed by atoms with Crippen LogP contribution in [0, 0.1) is 13.8 Å². The van der Waals surface area contributed by atoms with Crippen molar-refractivity contribution >= 4 is 12.2 Å². The van der Waals surface area contributed by atoms with E-state index in [-0.39, 0.29) is 13.2 Å². The third-order valence-electron chi connectivity index (χ3n) is 2.56. The van der Waals surface area contributed by atoms with Gasteiger partial charge in [0.15, 0.2) is 0 Å². The van der Waals surface area contributed by atoms with Crippen molar-refractivity contribution in [1.82, 2.24) is 0 Å². The predicted molar refractivity (Wildman–Crippen MR) is 81.9 cm³/mol. The SMILES string of the molecule is Cc1cc(C)c(CCO)cc1CCO.NC(=O)O.NC(=O)O. The molecule has 1 rings (SSSR count). The van der Waals surface area contributed by atoms with Gasteiger partial charge in [-0.1, -0.05) is 12.1 Å². The van der Waals surface area contributed by atoms with Crippen LogP contribution >= 0.6 is 0 Å². The first kappa shape index (κ1) is 22.0. The highest BCUT2D eigenvalue weighted by atomic mass is 16.4. The Kier molecular flexibility index (Phi) is 12.4. The second-order valence-electron chi connectivity index (χ2n) is 4.33. The highest BCUT2D eigenvalue weighted by Gasteiger charge is 2.03. The lowest BCUT2D eigenvalue weighted by molar-refractivity contribution is 0.204. The van der Waals surface area contributed by atoms with E-state index in [1.807, 2.05) is 0 Å². The Hall–Kier alpha value is -2.32. The summed E-state index contributed by atoms with van der Waals surface area (Å²) in [5.74, 6) is 0. The Morgan fingerprint density at radius 2 is 1.14 bits per heavy atom. The van der Waals surface area contributed by atoms with Crippen LogP contribution < -0.4 is 11.5 Å². The zero-order valence-electron chi connectivity index (χ0n) is 12.7. The van der Waals surface area contributed by atoms with Crippen LogP contribution in [0.5, 0.6) is 0 Å². The molecule has 8 heteroatoms. The maximum Gasteiger partial charge on any atom is 0.402 e. The van der Waals surface area contributed by atoms with Gasteiger partial charge in [-0.15, -0.1) is 0 Å². The van der Waals surface area contributed by atoms with Gasteiger partial charge in [0.25, 0.3) is 0 Å². The first-order valence-electron chi connectivity index (χ1n) is 6.43. The van der Waals surface area contributed by atoms with Gasteiger partial charge >= 0.3 is 12.2 Å². The first-order chi connectivity index (χ1) is 10.1. The highest BCUT2D eigenvalue weighted by molar-refractivity contribution is 5.61. The standard InChI is InChI=1S/C12H18O2.2CH3NO2/c1-9-7-10(2)12(4-6-14)8-11(9)3-5-13;2*2-1(3)4/h7-8,13-14H,3-6H2,1-2H3;2*2H2,(H,3,4). The third-order valence-corrected chi connectivity index (χ3v) is 2.56. The number of benzene rings is 1. The summed E-state index contributed by atoms with van der Waals surface area (Å²) < 4.78 is 0. The van der Waals surface area contributed by atoms with Crippen LogP contribution in [0.2, 0.25) is 0 Å². The number of rotatable bonds is 4. The molecule has 0 bridgehead atoms. The van der Waals surface area contributed by atoms with Gasteiger partial charge in [0.2, 0.25) is 0 Å². The van der Waals surface area contributed by atoms with Gasteiger partial charge < -0.3 is 31.9 Å². The molecule has 8 nitrogen and oxygen atoms in total. The molecule has 0 unspecified atom stereocenters. The van der Waals surface area contributed by atoms with Crippen LogP contribution in [0.25, 0.3) is 0 Å². The van der Waals surface area contributed by atoms with Gasteiger partial charge in [0.05, 0.1) is 0 Å². The van der Waals surface area contributed by atoms with E-state index >= 15 is 0 Å². The van der Waals surface area contributed by atoms with Crippen molar-refractivity contribution in [2.75, 3.05) is 13.2 Å². The molecule has 0 aliphatic heterocycles. The van der Waals surface area contributed by atoms with Gasteiger partial charge in [-0.3, -0.25) is 0 Å². The second-order valence-corrected chi connectivity index (χ2v) is 4.33. The lowest BCUT2D eigenvalue weighted by Crippen LogP contribution is -2.03. The summed E-state index contributed by atoms with van der Waals surface area (Å²) in [4.78, 5) is 17.6. The van der Waals surface area contributed by atoms with E-state index in [0.29, 0.717) is 12.8 Å². The van der Waals surface area contributed by atoms with Crippen LogP contribution in [0.3, 0.4) is 0 Å². The van der Waals surface area contributed by atoms with Crippen molar-refractivity contribution in [3.63, 3.8) is 0 Å². The fourth-order valence-electron chi connectivity index (χ4n) is 1.73. The maximum absolute atomic E-state index is 8.88. The summed E-state index contributed by atoms with van der Waals surface area (Å²) in [6.45, 7) is 4.48. The number of aliphatic hydroxyl groups excluding tert-OH is 2. The van der Waals surface area contributed by atoms with E-state index in [1.54, 1.807) is 0 Å². The van der Waals surface area contributed by atoms with Crippen LogP contribution in [-0.2, 0) is 12.8 Å². The summed E-state index contributed by atoms with van der Waals surface area (Å²) in [6, 6.07) is 4.22. The summed E-state index contributed by atoms with van der Waals surface area (Å²) in [6.07, 6.45) is -1.27. The van der Waals surface area contributed by atoms with E-state index in [2.05, 4.69) is 37.4 Å². The molecule has 22 heavy (non-hydrogen) atoms. The van der Waals surface area contributed by atoms with Gasteiger partial charge in [-0.25, -0.2) is 9.59 Å². The Morgan fingerprint density at radius 1 is 0.864 bits per heavy atom. The molecule has 0 aromatic heterocycles.